The van der Waals surface area contributed by atoms with Crippen LogP contribution in [0.3, 0.4) is 0 Å². The van der Waals surface area contributed by atoms with Crippen molar-refractivity contribution in [3.63, 3.8) is 0 Å². The summed E-state index contributed by atoms with van der Waals surface area (Å²) in [6, 6.07) is 7.25. The van der Waals surface area contributed by atoms with Crippen LogP contribution in [0.4, 0.5) is 0 Å². The van der Waals surface area contributed by atoms with Gasteiger partial charge in [0.25, 0.3) is 0 Å². The van der Waals surface area contributed by atoms with Gasteiger partial charge in [-0.2, -0.15) is 12.6 Å². The average molecular weight is 214 g/mol. The quantitative estimate of drug-likeness (QED) is 0.727. The molecule has 0 aromatic heterocycles. The fourth-order valence-corrected chi connectivity index (χ4v) is 1.04. The second-order valence-electron chi connectivity index (χ2n) is 2.83. The molecule has 0 aliphatic rings. The topological polar surface area (TPSA) is 38.7 Å². The van der Waals surface area contributed by atoms with E-state index in [1.165, 1.54) is 0 Å². The van der Waals surface area contributed by atoms with Gasteiger partial charge in [0.2, 0.25) is 0 Å². The Morgan fingerprint density at radius 2 is 2.14 bits per heavy atom. The molecule has 0 aliphatic heterocycles. The van der Waals surface area contributed by atoms with Crippen molar-refractivity contribution >= 4 is 12.6 Å². The van der Waals surface area contributed by atoms with Gasteiger partial charge in [-0.05, 0) is 12.1 Å². The molecule has 0 saturated carbocycles. The van der Waals surface area contributed by atoms with Crippen LogP contribution in [0, 0.1) is 0 Å². The van der Waals surface area contributed by atoms with Crippen LogP contribution in [0.25, 0.3) is 0 Å². The average Bonchev–Trinajstić information content (AvgIpc) is 2.26. The number of methoxy groups -OCH3 is 1. The maximum absolute atomic E-state index is 9.21. The summed E-state index contributed by atoms with van der Waals surface area (Å²) in [5, 5.41) is 9.21. The number of hydrogen-bond donors (Lipinski definition) is 2. The molecule has 0 spiro atoms. The van der Waals surface area contributed by atoms with E-state index in [1.807, 2.05) is 18.2 Å². The highest BCUT2D eigenvalue weighted by molar-refractivity contribution is 7.80. The number of ether oxygens (including phenoxy) is 2. The standard InChI is InChI=1S/C10H14O3S/c1-12-9-3-2-4-10(5-9)13-6-8(11)7-14/h2-5,8,11,14H,6-7H2,1H3. The van der Waals surface area contributed by atoms with Gasteiger partial charge >= 0.3 is 0 Å². The largest absolute Gasteiger partial charge is 0.497 e. The zero-order chi connectivity index (χ0) is 10.4. The van der Waals surface area contributed by atoms with Gasteiger partial charge in [0.05, 0.1) is 13.2 Å². The van der Waals surface area contributed by atoms with E-state index in [0.29, 0.717) is 11.5 Å². The molecule has 0 amide bonds. The van der Waals surface area contributed by atoms with Gasteiger partial charge in [-0.25, -0.2) is 0 Å². The van der Waals surface area contributed by atoms with Crippen molar-refractivity contribution in [3.8, 4) is 11.5 Å². The Bertz CT molecular complexity index is 278. The van der Waals surface area contributed by atoms with E-state index in [1.54, 1.807) is 13.2 Å². The van der Waals surface area contributed by atoms with Crippen LogP contribution in [0.1, 0.15) is 0 Å². The summed E-state index contributed by atoms with van der Waals surface area (Å²) in [6.07, 6.45) is -0.537. The summed E-state index contributed by atoms with van der Waals surface area (Å²) in [7, 11) is 1.60. The number of hydrogen-bond acceptors (Lipinski definition) is 4. The molecule has 3 nitrogen and oxygen atoms in total. The van der Waals surface area contributed by atoms with Crippen molar-refractivity contribution in [2.24, 2.45) is 0 Å². The molecule has 0 radical (unpaired) electrons. The van der Waals surface area contributed by atoms with Crippen LogP contribution in [-0.2, 0) is 0 Å². The van der Waals surface area contributed by atoms with E-state index in [4.69, 9.17) is 9.47 Å². The smallest absolute Gasteiger partial charge is 0.123 e. The lowest BCUT2D eigenvalue weighted by Crippen LogP contribution is -2.18. The molecular formula is C10H14O3S. The van der Waals surface area contributed by atoms with E-state index < -0.39 is 6.10 Å². The molecule has 0 fully saturated rings. The van der Waals surface area contributed by atoms with E-state index in [2.05, 4.69) is 12.6 Å². The van der Waals surface area contributed by atoms with E-state index in [0.717, 1.165) is 5.75 Å². The zero-order valence-corrected chi connectivity index (χ0v) is 8.91. The Balaban J connectivity index is 2.50. The lowest BCUT2D eigenvalue weighted by Gasteiger charge is -2.10. The maximum Gasteiger partial charge on any atom is 0.123 e. The molecule has 1 atom stereocenters. The number of aliphatic hydroxyl groups is 1. The first kappa shape index (κ1) is 11.2. The van der Waals surface area contributed by atoms with Crippen molar-refractivity contribution in [2.75, 3.05) is 19.5 Å². The summed E-state index contributed by atoms with van der Waals surface area (Å²) in [6.45, 7) is 0.247. The summed E-state index contributed by atoms with van der Waals surface area (Å²) in [5.74, 6) is 1.82. The second kappa shape index (κ2) is 5.78. The van der Waals surface area contributed by atoms with Crippen molar-refractivity contribution in [1.29, 1.82) is 0 Å². The zero-order valence-electron chi connectivity index (χ0n) is 8.01. The first-order valence-electron chi connectivity index (χ1n) is 4.32. The number of benzene rings is 1. The lowest BCUT2D eigenvalue weighted by atomic mass is 10.3. The molecule has 1 rings (SSSR count). The molecule has 0 aliphatic carbocycles. The first-order chi connectivity index (χ1) is 6.76. The molecule has 1 unspecified atom stereocenters. The summed E-state index contributed by atoms with van der Waals surface area (Å²) in [5.41, 5.74) is 0. The van der Waals surface area contributed by atoms with Gasteiger partial charge in [-0.15, -0.1) is 0 Å². The summed E-state index contributed by atoms with van der Waals surface area (Å²) >= 11 is 3.95. The normalized spacial score (nSPS) is 12.2. The Labute approximate surface area is 89.1 Å². The van der Waals surface area contributed by atoms with Gasteiger partial charge in [-0.1, -0.05) is 6.07 Å². The highest BCUT2D eigenvalue weighted by Crippen LogP contribution is 2.18. The third-order valence-corrected chi connectivity index (χ3v) is 2.12. The highest BCUT2D eigenvalue weighted by Gasteiger charge is 2.02. The van der Waals surface area contributed by atoms with Crippen LogP contribution in [0.2, 0.25) is 0 Å². The fraction of sp³-hybridized carbons (Fsp3) is 0.400. The summed E-state index contributed by atoms with van der Waals surface area (Å²) < 4.78 is 10.4. The van der Waals surface area contributed by atoms with Crippen LogP contribution >= 0.6 is 12.6 Å². The maximum atomic E-state index is 9.21. The first-order valence-corrected chi connectivity index (χ1v) is 4.95. The number of rotatable bonds is 5. The van der Waals surface area contributed by atoms with Crippen LogP contribution in [-0.4, -0.2) is 30.7 Å². The Kier molecular flexibility index (Phi) is 4.62. The van der Waals surface area contributed by atoms with E-state index in [-0.39, 0.29) is 6.61 Å². The third-order valence-electron chi connectivity index (χ3n) is 1.69. The molecule has 1 aromatic carbocycles. The molecule has 0 heterocycles. The van der Waals surface area contributed by atoms with Gasteiger partial charge in [-0.3, -0.25) is 0 Å². The van der Waals surface area contributed by atoms with Gasteiger partial charge in [0, 0.05) is 11.8 Å². The Morgan fingerprint density at radius 1 is 1.43 bits per heavy atom. The molecule has 0 saturated heterocycles. The van der Waals surface area contributed by atoms with Crippen molar-refractivity contribution < 1.29 is 14.6 Å². The number of aliphatic hydroxyl groups excluding tert-OH is 1. The van der Waals surface area contributed by atoms with Crippen molar-refractivity contribution in [1.82, 2.24) is 0 Å². The highest BCUT2D eigenvalue weighted by atomic mass is 32.1. The predicted octanol–water partition coefficient (Wildman–Crippen LogP) is 1.36. The van der Waals surface area contributed by atoms with Crippen molar-refractivity contribution in [2.45, 2.75) is 6.10 Å². The predicted molar refractivity (Wildman–Crippen MR) is 58.3 cm³/mol. The molecule has 0 bridgehead atoms. The minimum absolute atomic E-state index is 0.247. The van der Waals surface area contributed by atoms with Crippen LogP contribution in [0.5, 0.6) is 11.5 Å². The van der Waals surface area contributed by atoms with Gasteiger partial charge in [0.15, 0.2) is 0 Å². The lowest BCUT2D eigenvalue weighted by molar-refractivity contribution is 0.126. The molecule has 4 heteroatoms. The number of thiol groups is 1. The second-order valence-corrected chi connectivity index (χ2v) is 3.19. The molecular weight excluding hydrogens is 200 g/mol. The van der Waals surface area contributed by atoms with Crippen LogP contribution < -0.4 is 9.47 Å². The monoisotopic (exact) mass is 214 g/mol. The van der Waals surface area contributed by atoms with Gasteiger partial charge < -0.3 is 14.6 Å². The molecule has 1 N–H and O–H groups in total. The third kappa shape index (κ3) is 3.47. The molecule has 14 heavy (non-hydrogen) atoms. The fourth-order valence-electron chi connectivity index (χ4n) is 0.936. The Hall–Kier alpha value is -0.870. The SMILES string of the molecule is COc1cccc(OCC(O)CS)c1. The molecule has 78 valence electrons. The Morgan fingerprint density at radius 3 is 2.79 bits per heavy atom. The van der Waals surface area contributed by atoms with Crippen LogP contribution in [0.15, 0.2) is 24.3 Å². The van der Waals surface area contributed by atoms with Crippen molar-refractivity contribution in [3.05, 3.63) is 24.3 Å². The molecule has 1 aromatic rings. The summed E-state index contributed by atoms with van der Waals surface area (Å²) in [4.78, 5) is 0. The minimum Gasteiger partial charge on any atom is -0.497 e. The minimum atomic E-state index is -0.537. The van der Waals surface area contributed by atoms with E-state index in [9.17, 15) is 5.11 Å². The van der Waals surface area contributed by atoms with Gasteiger partial charge in [0.1, 0.15) is 18.1 Å². The van der Waals surface area contributed by atoms with E-state index >= 15 is 0 Å².